The zero-order chi connectivity index (χ0) is 11.2. The highest BCUT2D eigenvalue weighted by atomic mass is 32.1. The Labute approximate surface area is 98.3 Å². The predicted octanol–water partition coefficient (Wildman–Crippen LogP) is 0.588. The first kappa shape index (κ1) is 11.3. The Bertz CT molecular complexity index is 409. The number of rotatable bonds is 6. The van der Waals surface area contributed by atoms with Crippen LogP contribution >= 0.6 is 11.3 Å². The van der Waals surface area contributed by atoms with Crippen molar-refractivity contribution in [1.82, 2.24) is 20.3 Å². The van der Waals surface area contributed by atoms with Gasteiger partial charge in [-0.15, -0.1) is 5.10 Å². The second-order valence-electron chi connectivity index (χ2n) is 3.50. The van der Waals surface area contributed by atoms with E-state index in [1.807, 2.05) is 6.20 Å². The van der Waals surface area contributed by atoms with Crippen LogP contribution < -0.4 is 11.1 Å². The van der Waals surface area contributed by atoms with E-state index in [4.69, 9.17) is 5.73 Å². The number of thiophene rings is 1. The predicted molar refractivity (Wildman–Crippen MR) is 63.9 cm³/mol. The fourth-order valence-corrected chi connectivity index (χ4v) is 2.06. The van der Waals surface area contributed by atoms with Crippen molar-refractivity contribution in [3.63, 3.8) is 0 Å². The summed E-state index contributed by atoms with van der Waals surface area (Å²) in [5.74, 6) is 0. The Kier molecular flexibility index (Phi) is 4.03. The lowest BCUT2D eigenvalue weighted by Crippen LogP contribution is -2.12. The Morgan fingerprint density at radius 2 is 2.38 bits per heavy atom. The summed E-state index contributed by atoms with van der Waals surface area (Å²) >= 11 is 1.71. The minimum Gasteiger partial charge on any atom is -0.329 e. The second kappa shape index (κ2) is 5.74. The molecule has 0 amide bonds. The molecule has 0 spiro atoms. The molecule has 0 aliphatic heterocycles. The van der Waals surface area contributed by atoms with Crippen molar-refractivity contribution in [2.24, 2.45) is 5.73 Å². The molecule has 0 bridgehead atoms. The molecule has 0 saturated heterocycles. The van der Waals surface area contributed by atoms with Gasteiger partial charge < -0.3 is 11.1 Å². The molecule has 0 aliphatic carbocycles. The molecule has 0 aliphatic rings. The highest BCUT2D eigenvalue weighted by molar-refractivity contribution is 7.07. The number of nitrogens with zero attached hydrogens (tertiary/aromatic N) is 3. The van der Waals surface area contributed by atoms with Crippen molar-refractivity contribution >= 4 is 11.3 Å². The van der Waals surface area contributed by atoms with E-state index in [2.05, 4.69) is 32.5 Å². The van der Waals surface area contributed by atoms with Gasteiger partial charge in [-0.3, -0.25) is 4.68 Å². The maximum atomic E-state index is 5.43. The summed E-state index contributed by atoms with van der Waals surface area (Å²) in [6.07, 6.45) is 1.92. The molecular weight excluding hydrogens is 222 g/mol. The summed E-state index contributed by atoms with van der Waals surface area (Å²) in [4.78, 5) is 0. The monoisotopic (exact) mass is 237 g/mol. The van der Waals surface area contributed by atoms with Crippen LogP contribution in [0, 0.1) is 0 Å². The highest BCUT2D eigenvalue weighted by Crippen LogP contribution is 2.05. The fraction of sp³-hybridized carbons (Fsp3) is 0.400. The molecule has 0 unspecified atom stereocenters. The molecule has 0 radical (unpaired) electrons. The number of hydrogen-bond donors (Lipinski definition) is 2. The molecule has 0 atom stereocenters. The standard InChI is InChI=1S/C10H15N5S/c11-2-3-15-7-10(13-14-15)6-12-5-9-1-4-16-8-9/h1,4,7-8,12H,2-3,5-6,11H2. The minimum absolute atomic E-state index is 0.588. The number of hydrogen-bond acceptors (Lipinski definition) is 5. The number of aromatic nitrogens is 3. The molecule has 3 N–H and O–H groups in total. The molecule has 5 nitrogen and oxygen atoms in total. The summed E-state index contributed by atoms with van der Waals surface area (Å²) in [5.41, 5.74) is 7.68. The molecule has 86 valence electrons. The molecule has 16 heavy (non-hydrogen) atoms. The summed E-state index contributed by atoms with van der Waals surface area (Å²) in [5, 5.41) is 15.6. The van der Waals surface area contributed by atoms with Gasteiger partial charge in [0, 0.05) is 25.8 Å². The van der Waals surface area contributed by atoms with E-state index < -0.39 is 0 Å². The van der Waals surface area contributed by atoms with Crippen molar-refractivity contribution in [1.29, 1.82) is 0 Å². The van der Waals surface area contributed by atoms with Crippen LogP contribution in [0.3, 0.4) is 0 Å². The first-order chi connectivity index (χ1) is 7.88. The van der Waals surface area contributed by atoms with Crippen LogP contribution in [-0.2, 0) is 19.6 Å². The summed E-state index contributed by atoms with van der Waals surface area (Å²) in [6.45, 7) is 2.91. The Balaban J connectivity index is 1.76. The van der Waals surface area contributed by atoms with Crippen molar-refractivity contribution < 1.29 is 0 Å². The zero-order valence-corrected chi connectivity index (χ0v) is 9.78. The fourth-order valence-electron chi connectivity index (χ4n) is 1.39. The van der Waals surface area contributed by atoms with Crippen molar-refractivity contribution in [3.8, 4) is 0 Å². The quantitative estimate of drug-likeness (QED) is 0.771. The van der Waals surface area contributed by atoms with E-state index in [1.54, 1.807) is 16.0 Å². The highest BCUT2D eigenvalue weighted by Gasteiger charge is 1.99. The smallest absolute Gasteiger partial charge is 0.0964 e. The largest absolute Gasteiger partial charge is 0.329 e. The topological polar surface area (TPSA) is 68.8 Å². The maximum absolute atomic E-state index is 5.43. The minimum atomic E-state index is 0.588. The van der Waals surface area contributed by atoms with Crippen LogP contribution in [0.5, 0.6) is 0 Å². The van der Waals surface area contributed by atoms with Gasteiger partial charge in [0.15, 0.2) is 0 Å². The first-order valence-electron chi connectivity index (χ1n) is 5.19. The van der Waals surface area contributed by atoms with E-state index in [0.29, 0.717) is 6.54 Å². The maximum Gasteiger partial charge on any atom is 0.0964 e. The van der Waals surface area contributed by atoms with Crippen molar-refractivity contribution in [2.45, 2.75) is 19.6 Å². The second-order valence-corrected chi connectivity index (χ2v) is 4.28. The number of nitrogens with one attached hydrogen (secondary N) is 1. The van der Waals surface area contributed by atoms with Crippen LogP contribution in [0.4, 0.5) is 0 Å². The molecule has 0 fully saturated rings. The Morgan fingerprint density at radius 3 is 3.12 bits per heavy atom. The number of nitrogens with two attached hydrogens (primary N) is 1. The van der Waals surface area contributed by atoms with Crippen LogP contribution in [-0.4, -0.2) is 21.5 Å². The van der Waals surface area contributed by atoms with E-state index in [-0.39, 0.29) is 0 Å². The summed E-state index contributed by atoms with van der Waals surface area (Å²) < 4.78 is 1.77. The van der Waals surface area contributed by atoms with Gasteiger partial charge in [0.05, 0.1) is 12.2 Å². The van der Waals surface area contributed by atoms with Gasteiger partial charge in [0.2, 0.25) is 0 Å². The van der Waals surface area contributed by atoms with Crippen LogP contribution in [0.1, 0.15) is 11.3 Å². The van der Waals surface area contributed by atoms with Gasteiger partial charge in [-0.05, 0) is 22.4 Å². The van der Waals surface area contributed by atoms with E-state index in [0.717, 1.165) is 25.3 Å². The Hall–Kier alpha value is -1.24. The van der Waals surface area contributed by atoms with E-state index in [9.17, 15) is 0 Å². The van der Waals surface area contributed by atoms with Gasteiger partial charge in [0.25, 0.3) is 0 Å². The molecule has 2 aromatic heterocycles. The normalized spacial score (nSPS) is 10.8. The lowest BCUT2D eigenvalue weighted by Gasteiger charge is -1.99. The van der Waals surface area contributed by atoms with E-state index >= 15 is 0 Å². The SMILES string of the molecule is NCCn1cc(CNCc2ccsc2)nn1. The molecule has 2 aromatic rings. The summed E-state index contributed by atoms with van der Waals surface area (Å²) in [7, 11) is 0. The van der Waals surface area contributed by atoms with Gasteiger partial charge in [0.1, 0.15) is 0 Å². The lowest BCUT2D eigenvalue weighted by atomic mass is 10.3. The molecule has 6 heteroatoms. The average Bonchev–Trinajstić information content (AvgIpc) is 2.90. The molecule has 2 heterocycles. The third kappa shape index (κ3) is 3.13. The average molecular weight is 237 g/mol. The van der Waals surface area contributed by atoms with Gasteiger partial charge in [-0.25, -0.2) is 0 Å². The van der Waals surface area contributed by atoms with Crippen molar-refractivity contribution in [3.05, 3.63) is 34.3 Å². The van der Waals surface area contributed by atoms with Crippen LogP contribution in [0.2, 0.25) is 0 Å². The third-order valence-corrected chi connectivity index (χ3v) is 2.89. The lowest BCUT2D eigenvalue weighted by molar-refractivity contribution is 0.598. The molecule has 0 aromatic carbocycles. The van der Waals surface area contributed by atoms with E-state index in [1.165, 1.54) is 5.56 Å². The summed E-state index contributed by atoms with van der Waals surface area (Å²) in [6, 6.07) is 2.11. The van der Waals surface area contributed by atoms with Gasteiger partial charge >= 0.3 is 0 Å². The zero-order valence-electron chi connectivity index (χ0n) is 8.97. The third-order valence-electron chi connectivity index (χ3n) is 2.16. The Morgan fingerprint density at radius 1 is 1.44 bits per heavy atom. The van der Waals surface area contributed by atoms with Crippen LogP contribution in [0.15, 0.2) is 23.0 Å². The molecule has 2 rings (SSSR count). The molecular formula is C10H15N5S. The molecule has 0 saturated carbocycles. The van der Waals surface area contributed by atoms with Gasteiger partial charge in [-0.1, -0.05) is 5.21 Å². The van der Waals surface area contributed by atoms with Gasteiger partial charge in [-0.2, -0.15) is 11.3 Å². The van der Waals surface area contributed by atoms with Crippen LogP contribution in [0.25, 0.3) is 0 Å². The first-order valence-corrected chi connectivity index (χ1v) is 6.13. The van der Waals surface area contributed by atoms with Crippen molar-refractivity contribution in [2.75, 3.05) is 6.54 Å².